The molecule has 1 aromatic carbocycles. The second-order valence-corrected chi connectivity index (χ2v) is 6.62. The van der Waals surface area contributed by atoms with E-state index in [0.29, 0.717) is 23.7 Å². The van der Waals surface area contributed by atoms with Crippen molar-refractivity contribution in [1.82, 2.24) is 18.7 Å². The van der Waals surface area contributed by atoms with E-state index in [1.165, 1.54) is 11.6 Å². The Morgan fingerprint density at radius 2 is 1.96 bits per heavy atom. The van der Waals surface area contributed by atoms with Crippen LogP contribution >= 0.6 is 0 Å². The van der Waals surface area contributed by atoms with Gasteiger partial charge >= 0.3 is 5.69 Å². The molecule has 0 spiro atoms. The Balaban J connectivity index is 2.24. The molecular formula is C18H23N5O3. The highest BCUT2D eigenvalue weighted by Gasteiger charge is 2.19. The molecule has 8 nitrogen and oxygen atoms in total. The number of hydrogen-bond donors (Lipinski definition) is 2. The monoisotopic (exact) mass is 357 g/mol. The standard InChI is InChI=1S/C18H23N5O3/c1-11-6-5-7-13(8-11)10-23-14-15(20-17(23)19-9-12(2)24)21(3)18(26)22(4)16(14)25/h5-8,12,24H,9-10H2,1-4H3,(H,19,20)/t12-/m1/s1. The normalized spacial score (nSPS) is 12.5. The molecule has 0 aliphatic carbocycles. The van der Waals surface area contributed by atoms with Crippen LogP contribution in [0.4, 0.5) is 5.95 Å². The van der Waals surface area contributed by atoms with Gasteiger partial charge in [0, 0.05) is 20.6 Å². The molecule has 0 bridgehead atoms. The van der Waals surface area contributed by atoms with E-state index in [9.17, 15) is 14.7 Å². The van der Waals surface area contributed by atoms with Gasteiger partial charge in [-0.1, -0.05) is 29.8 Å². The zero-order chi connectivity index (χ0) is 19.0. The number of aryl methyl sites for hydroxylation is 2. The molecule has 8 heteroatoms. The van der Waals surface area contributed by atoms with Crippen molar-refractivity contribution in [3.8, 4) is 0 Å². The number of nitrogens with zero attached hydrogens (tertiary/aromatic N) is 4. The van der Waals surface area contributed by atoms with Crippen molar-refractivity contribution in [1.29, 1.82) is 0 Å². The van der Waals surface area contributed by atoms with Crippen LogP contribution in [0, 0.1) is 6.92 Å². The predicted molar refractivity (Wildman–Crippen MR) is 101 cm³/mol. The largest absolute Gasteiger partial charge is 0.392 e. The number of rotatable bonds is 5. The minimum atomic E-state index is -0.575. The molecule has 3 rings (SSSR count). The summed E-state index contributed by atoms with van der Waals surface area (Å²) < 4.78 is 4.19. The maximum atomic E-state index is 12.7. The van der Waals surface area contributed by atoms with Crippen molar-refractivity contribution in [3.05, 3.63) is 56.2 Å². The summed E-state index contributed by atoms with van der Waals surface area (Å²) in [6, 6.07) is 7.98. The van der Waals surface area contributed by atoms with Gasteiger partial charge in [-0.2, -0.15) is 4.98 Å². The lowest BCUT2D eigenvalue weighted by Gasteiger charge is -2.12. The Morgan fingerprint density at radius 3 is 2.62 bits per heavy atom. The first kappa shape index (κ1) is 17.9. The lowest BCUT2D eigenvalue weighted by atomic mass is 10.1. The summed E-state index contributed by atoms with van der Waals surface area (Å²) in [6.45, 7) is 4.37. The fourth-order valence-electron chi connectivity index (χ4n) is 2.97. The van der Waals surface area contributed by atoms with E-state index in [2.05, 4.69) is 10.3 Å². The zero-order valence-electron chi connectivity index (χ0n) is 15.4. The Labute approximate surface area is 150 Å². The van der Waals surface area contributed by atoms with Gasteiger partial charge in [-0.25, -0.2) is 4.79 Å². The molecule has 0 aliphatic rings. The molecule has 138 valence electrons. The molecule has 1 atom stereocenters. The van der Waals surface area contributed by atoms with Gasteiger partial charge < -0.3 is 10.4 Å². The average molecular weight is 357 g/mol. The maximum absolute atomic E-state index is 12.7. The van der Waals surface area contributed by atoms with Gasteiger partial charge in [0.15, 0.2) is 11.2 Å². The smallest absolute Gasteiger partial charge is 0.332 e. The van der Waals surface area contributed by atoms with Crippen LogP contribution in [-0.4, -0.2) is 36.4 Å². The van der Waals surface area contributed by atoms with E-state index in [4.69, 9.17) is 0 Å². The Bertz CT molecular complexity index is 1070. The minimum absolute atomic E-state index is 0.283. The number of hydrogen-bond acceptors (Lipinski definition) is 5. The summed E-state index contributed by atoms with van der Waals surface area (Å²) in [5.41, 5.74) is 1.98. The quantitative estimate of drug-likeness (QED) is 0.697. The minimum Gasteiger partial charge on any atom is -0.392 e. The van der Waals surface area contributed by atoms with Crippen molar-refractivity contribution in [2.75, 3.05) is 11.9 Å². The van der Waals surface area contributed by atoms with E-state index in [1.54, 1.807) is 18.5 Å². The van der Waals surface area contributed by atoms with Crippen molar-refractivity contribution < 1.29 is 5.11 Å². The van der Waals surface area contributed by atoms with Gasteiger partial charge in [-0.3, -0.25) is 18.5 Å². The van der Waals surface area contributed by atoms with Gasteiger partial charge in [0.1, 0.15) is 0 Å². The molecule has 0 unspecified atom stereocenters. The first-order valence-electron chi connectivity index (χ1n) is 8.43. The number of benzene rings is 1. The van der Waals surface area contributed by atoms with Crippen LogP contribution < -0.4 is 16.6 Å². The predicted octanol–water partition coefficient (Wildman–Crippen LogP) is 0.583. The molecule has 26 heavy (non-hydrogen) atoms. The van der Waals surface area contributed by atoms with E-state index < -0.39 is 17.4 Å². The number of aliphatic hydroxyl groups is 1. The van der Waals surface area contributed by atoms with Crippen molar-refractivity contribution >= 4 is 17.1 Å². The van der Waals surface area contributed by atoms with Gasteiger partial charge in [-0.05, 0) is 19.4 Å². The van der Waals surface area contributed by atoms with E-state index in [0.717, 1.165) is 15.7 Å². The van der Waals surface area contributed by atoms with Gasteiger partial charge in [-0.15, -0.1) is 0 Å². The van der Waals surface area contributed by atoms with Crippen LogP contribution in [0.25, 0.3) is 11.2 Å². The number of anilines is 1. The van der Waals surface area contributed by atoms with Gasteiger partial charge in [0.05, 0.1) is 12.6 Å². The molecule has 0 saturated carbocycles. The molecule has 0 aliphatic heterocycles. The topological polar surface area (TPSA) is 94.1 Å². The second kappa shape index (κ2) is 6.80. The van der Waals surface area contributed by atoms with Gasteiger partial charge in [0.2, 0.25) is 5.95 Å². The molecular weight excluding hydrogens is 334 g/mol. The molecule has 0 amide bonds. The third-order valence-electron chi connectivity index (χ3n) is 4.33. The number of nitrogens with one attached hydrogen (secondary N) is 1. The maximum Gasteiger partial charge on any atom is 0.332 e. The summed E-state index contributed by atoms with van der Waals surface area (Å²) in [6.07, 6.45) is -0.575. The highest BCUT2D eigenvalue weighted by Crippen LogP contribution is 2.18. The summed E-state index contributed by atoms with van der Waals surface area (Å²) in [5.74, 6) is 0.445. The first-order chi connectivity index (χ1) is 12.3. The third kappa shape index (κ3) is 3.15. The fraction of sp³-hybridized carbons (Fsp3) is 0.389. The highest BCUT2D eigenvalue weighted by molar-refractivity contribution is 5.74. The van der Waals surface area contributed by atoms with E-state index in [-0.39, 0.29) is 6.54 Å². The average Bonchev–Trinajstić information content (AvgIpc) is 2.95. The van der Waals surface area contributed by atoms with Crippen LogP contribution in [-0.2, 0) is 20.6 Å². The van der Waals surface area contributed by atoms with Crippen LogP contribution in [0.2, 0.25) is 0 Å². The van der Waals surface area contributed by atoms with Gasteiger partial charge in [0.25, 0.3) is 5.56 Å². The Morgan fingerprint density at radius 1 is 1.23 bits per heavy atom. The number of fused-ring (bicyclic) bond motifs is 1. The lowest BCUT2D eigenvalue weighted by molar-refractivity contribution is 0.208. The van der Waals surface area contributed by atoms with E-state index in [1.807, 2.05) is 31.2 Å². The molecule has 2 N–H and O–H groups in total. The summed E-state index contributed by atoms with van der Waals surface area (Å²) in [7, 11) is 3.05. The number of aliphatic hydroxyl groups excluding tert-OH is 1. The van der Waals surface area contributed by atoms with Crippen molar-refractivity contribution in [2.45, 2.75) is 26.5 Å². The lowest BCUT2D eigenvalue weighted by Crippen LogP contribution is -2.37. The van der Waals surface area contributed by atoms with Crippen molar-refractivity contribution in [2.24, 2.45) is 14.1 Å². The summed E-state index contributed by atoms with van der Waals surface area (Å²) in [5, 5.41) is 12.7. The summed E-state index contributed by atoms with van der Waals surface area (Å²) >= 11 is 0. The summed E-state index contributed by atoms with van der Waals surface area (Å²) in [4.78, 5) is 29.4. The molecule has 2 aromatic heterocycles. The number of aromatic nitrogens is 4. The van der Waals surface area contributed by atoms with Crippen LogP contribution in [0.15, 0.2) is 33.9 Å². The molecule has 0 saturated heterocycles. The van der Waals surface area contributed by atoms with Crippen LogP contribution in [0.1, 0.15) is 18.1 Å². The number of imidazole rings is 1. The first-order valence-corrected chi connectivity index (χ1v) is 8.43. The van der Waals surface area contributed by atoms with Crippen LogP contribution in [0.5, 0.6) is 0 Å². The Kier molecular flexibility index (Phi) is 4.69. The molecule has 0 radical (unpaired) electrons. The highest BCUT2D eigenvalue weighted by atomic mass is 16.3. The third-order valence-corrected chi connectivity index (χ3v) is 4.33. The molecule has 0 fully saturated rings. The SMILES string of the molecule is Cc1cccc(Cn2c(NC[C@@H](C)O)nc3c2c(=O)n(C)c(=O)n3C)c1. The molecule has 3 aromatic rings. The molecule has 2 heterocycles. The van der Waals surface area contributed by atoms with Crippen molar-refractivity contribution in [3.63, 3.8) is 0 Å². The fourth-order valence-corrected chi connectivity index (χ4v) is 2.97. The second-order valence-electron chi connectivity index (χ2n) is 6.62. The van der Waals surface area contributed by atoms with Crippen LogP contribution in [0.3, 0.4) is 0 Å². The Hall–Kier alpha value is -2.87. The van der Waals surface area contributed by atoms with E-state index >= 15 is 0 Å². The zero-order valence-corrected chi connectivity index (χ0v) is 15.4.